The van der Waals surface area contributed by atoms with Gasteiger partial charge in [-0.15, -0.1) is 0 Å². The van der Waals surface area contributed by atoms with E-state index in [-0.39, 0.29) is 6.79 Å². The van der Waals surface area contributed by atoms with E-state index in [1.165, 1.54) is 12.1 Å². The number of rotatable bonds is 4. The lowest BCUT2D eigenvalue weighted by molar-refractivity contribution is 0.00409. The summed E-state index contributed by atoms with van der Waals surface area (Å²) in [4.78, 5) is 22.4. The fourth-order valence-corrected chi connectivity index (χ4v) is 1.45. The van der Waals surface area contributed by atoms with Crippen molar-refractivity contribution < 1.29 is 19.1 Å². The normalized spacial score (nSPS) is 9.76. The summed E-state index contributed by atoms with van der Waals surface area (Å²) >= 11 is 6.68. The molecule has 92 valence electrons. The highest BCUT2D eigenvalue weighted by molar-refractivity contribution is 8.13. The molecule has 0 aliphatic heterocycles. The van der Waals surface area contributed by atoms with Crippen LogP contribution in [0.3, 0.4) is 0 Å². The van der Waals surface area contributed by atoms with Gasteiger partial charge in [0.1, 0.15) is 0 Å². The zero-order valence-corrected chi connectivity index (χ0v) is 10.7. The third-order valence-electron chi connectivity index (χ3n) is 1.71. The van der Waals surface area contributed by atoms with Gasteiger partial charge in [-0.1, -0.05) is 18.5 Å². The highest BCUT2D eigenvalue weighted by Crippen LogP contribution is 2.10. The molecule has 1 rings (SSSR count). The molecular weight excluding hydrogens is 264 g/mol. The second-order valence-electron chi connectivity index (χ2n) is 2.88. The Kier molecular flexibility index (Phi) is 5.86. The number of hydrogen-bond donors (Lipinski definition) is 0. The van der Waals surface area contributed by atoms with Crippen LogP contribution in [0.2, 0.25) is 5.02 Å². The number of carbonyl (C=O) groups is 2. The molecule has 0 radical (unpaired) electrons. The average molecular weight is 275 g/mol. The van der Waals surface area contributed by atoms with Crippen LogP contribution in [-0.4, -0.2) is 23.8 Å². The molecule has 1 aromatic carbocycles. The Morgan fingerprint density at radius 1 is 1.24 bits per heavy atom. The van der Waals surface area contributed by atoms with Gasteiger partial charge in [0.15, 0.2) is 0 Å². The first kappa shape index (κ1) is 13.9. The molecule has 1 aromatic rings. The third-order valence-corrected chi connectivity index (χ3v) is 2.60. The smallest absolute Gasteiger partial charge is 0.370 e. The summed E-state index contributed by atoms with van der Waals surface area (Å²) in [6.07, 6.45) is 0. The van der Waals surface area contributed by atoms with Crippen LogP contribution in [0.5, 0.6) is 0 Å². The van der Waals surface area contributed by atoms with Gasteiger partial charge in [-0.2, -0.15) is 0 Å². The fraction of sp³-hybridized carbons (Fsp3) is 0.273. The van der Waals surface area contributed by atoms with Crippen LogP contribution in [-0.2, 0) is 9.47 Å². The molecule has 0 N–H and O–H groups in total. The molecular formula is C11H11ClO4S. The van der Waals surface area contributed by atoms with E-state index in [1.807, 2.05) is 6.92 Å². The van der Waals surface area contributed by atoms with Crippen molar-refractivity contribution in [2.24, 2.45) is 0 Å². The summed E-state index contributed by atoms with van der Waals surface area (Å²) in [5.41, 5.74) is 0.355. The molecule has 0 heterocycles. The monoisotopic (exact) mass is 274 g/mol. The minimum Gasteiger partial charge on any atom is -0.424 e. The number of benzene rings is 1. The van der Waals surface area contributed by atoms with Gasteiger partial charge in [0.25, 0.3) is 0 Å². The summed E-state index contributed by atoms with van der Waals surface area (Å²) in [7, 11) is 0. The zero-order valence-electron chi connectivity index (χ0n) is 9.14. The van der Waals surface area contributed by atoms with Gasteiger partial charge < -0.3 is 9.47 Å². The Hall–Kier alpha value is -1.20. The van der Waals surface area contributed by atoms with Crippen molar-refractivity contribution in [3.8, 4) is 0 Å². The van der Waals surface area contributed by atoms with Crippen molar-refractivity contribution in [1.29, 1.82) is 0 Å². The Morgan fingerprint density at radius 3 is 2.47 bits per heavy atom. The van der Waals surface area contributed by atoms with Gasteiger partial charge in [0.2, 0.25) is 6.79 Å². The molecule has 0 amide bonds. The molecule has 6 heteroatoms. The first-order valence-electron chi connectivity index (χ1n) is 4.85. The third kappa shape index (κ3) is 5.10. The van der Waals surface area contributed by atoms with Crippen molar-refractivity contribution >= 4 is 34.6 Å². The number of thioether (sulfide) groups is 1. The van der Waals surface area contributed by atoms with Crippen molar-refractivity contribution in [3.05, 3.63) is 34.9 Å². The van der Waals surface area contributed by atoms with E-state index in [0.29, 0.717) is 16.3 Å². The molecule has 0 spiro atoms. The summed E-state index contributed by atoms with van der Waals surface area (Å²) in [6, 6.07) is 6.23. The molecule has 0 unspecified atom stereocenters. The highest BCUT2D eigenvalue weighted by Gasteiger charge is 2.08. The first-order valence-corrected chi connectivity index (χ1v) is 6.22. The standard InChI is InChI=1S/C11H11ClO4S/c1-2-17-11(14)16-7-15-10(13)8-3-5-9(12)6-4-8/h3-6H,2,7H2,1H3. The SMILES string of the molecule is CCSC(=O)OCOC(=O)c1ccc(Cl)cc1. The van der Waals surface area contributed by atoms with Crippen LogP contribution >= 0.6 is 23.4 Å². The molecule has 0 aromatic heterocycles. The van der Waals surface area contributed by atoms with Gasteiger partial charge in [-0.05, 0) is 36.0 Å². The van der Waals surface area contributed by atoms with Gasteiger partial charge in [0.05, 0.1) is 5.56 Å². The summed E-state index contributed by atoms with van der Waals surface area (Å²) in [6.45, 7) is 1.44. The highest BCUT2D eigenvalue weighted by atomic mass is 35.5. The Morgan fingerprint density at radius 2 is 1.88 bits per heavy atom. The minimum atomic E-state index is -0.559. The molecule has 4 nitrogen and oxygen atoms in total. The maximum atomic E-state index is 11.4. The Labute approximate surface area is 108 Å². The molecule has 0 saturated heterocycles. The van der Waals surface area contributed by atoms with E-state index in [9.17, 15) is 9.59 Å². The van der Waals surface area contributed by atoms with Crippen molar-refractivity contribution in [2.45, 2.75) is 6.92 Å². The number of hydrogen-bond acceptors (Lipinski definition) is 5. The molecule has 0 fully saturated rings. The van der Waals surface area contributed by atoms with E-state index >= 15 is 0 Å². The predicted molar refractivity (Wildman–Crippen MR) is 66.3 cm³/mol. The Balaban J connectivity index is 2.35. The van der Waals surface area contributed by atoms with Crippen LogP contribution in [0.4, 0.5) is 4.79 Å². The molecule has 0 atom stereocenters. The number of ether oxygens (including phenoxy) is 2. The number of esters is 1. The van der Waals surface area contributed by atoms with E-state index in [2.05, 4.69) is 4.74 Å². The minimum absolute atomic E-state index is 0.355. The molecule has 17 heavy (non-hydrogen) atoms. The van der Waals surface area contributed by atoms with Crippen LogP contribution in [0.25, 0.3) is 0 Å². The lowest BCUT2D eigenvalue weighted by Crippen LogP contribution is -2.10. The summed E-state index contributed by atoms with van der Waals surface area (Å²) in [5, 5.41) is 0.0729. The van der Waals surface area contributed by atoms with Crippen LogP contribution < -0.4 is 0 Å². The molecule has 0 aliphatic rings. The lowest BCUT2D eigenvalue weighted by Gasteiger charge is -2.05. The van der Waals surface area contributed by atoms with E-state index in [1.54, 1.807) is 12.1 Å². The summed E-state index contributed by atoms with van der Waals surface area (Å²) < 4.78 is 9.40. The van der Waals surface area contributed by atoms with E-state index < -0.39 is 11.3 Å². The Bertz CT molecular complexity index is 391. The summed E-state index contributed by atoms with van der Waals surface area (Å²) in [5.74, 6) is 0.0558. The van der Waals surface area contributed by atoms with Crippen molar-refractivity contribution in [2.75, 3.05) is 12.5 Å². The maximum Gasteiger partial charge on any atom is 0.370 e. The van der Waals surface area contributed by atoms with Crippen LogP contribution in [0.15, 0.2) is 24.3 Å². The second-order valence-corrected chi connectivity index (χ2v) is 4.52. The maximum absolute atomic E-state index is 11.4. The molecule has 0 aliphatic carbocycles. The van der Waals surface area contributed by atoms with Crippen molar-refractivity contribution in [3.63, 3.8) is 0 Å². The molecule has 0 saturated carbocycles. The first-order chi connectivity index (χ1) is 8.13. The van der Waals surface area contributed by atoms with Gasteiger partial charge in [-0.25, -0.2) is 9.59 Å². The number of halogens is 1. The largest absolute Gasteiger partial charge is 0.424 e. The zero-order chi connectivity index (χ0) is 12.7. The van der Waals surface area contributed by atoms with Crippen LogP contribution in [0.1, 0.15) is 17.3 Å². The van der Waals surface area contributed by atoms with Gasteiger partial charge in [0, 0.05) is 10.8 Å². The second kappa shape index (κ2) is 7.19. The van der Waals surface area contributed by atoms with Gasteiger partial charge >= 0.3 is 11.3 Å². The van der Waals surface area contributed by atoms with E-state index in [0.717, 1.165) is 11.8 Å². The number of carbonyl (C=O) groups excluding carboxylic acids is 2. The fourth-order valence-electron chi connectivity index (χ4n) is 0.960. The quantitative estimate of drug-likeness (QED) is 0.622. The predicted octanol–water partition coefficient (Wildman–Crippen LogP) is 3.34. The van der Waals surface area contributed by atoms with Gasteiger partial charge in [-0.3, -0.25) is 0 Å². The molecule has 0 bridgehead atoms. The average Bonchev–Trinajstić information content (AvgIpc) is 2.30. The van der Waals surface area contributed by atoms with E-state index in [4.69, 9.17) is 16.3 Å². The lowest BCUT2D eigenvalue weighted by atomic mass is 10.2. The van der Waals surface area contributed by atoms with Crippen molar-refractivity contribution in [1.82, 2.24) is 0 Å². The van der Waals surface area contributed by atoms with Crippen LogP contribution in [0, 0.1) is 0 Å². The topological polar surface area (TPSA) is 52.6 Å².